The van der Waals surface area contributed by atoms with Gasteiger partial charge in [0.15, 0.2) is 5.82 Å². The molecule has 7 aromatic carbocycles. The Morgan fingerprint density at radius 3 is 1.46 bits per heavy atom. The average molecular weight is 718 g/mol. The van der Waals surface area contributed by atoms with Crippen LogP contribution in [0.15, 0.2) is 197 Å². The van der Waals surface area contributed by atoms with Gasteiger partial charge < -0.3 is 8.83 Å². The number of furan rings is 2. The number of pyridine rings is 1. The fourth-order valence-electron chi connectivity index (χ4n) is 7.86. The zero-order valence-corrected chi connectivity index (χ0v) is 30.1. The van der Waals surface area contributed by atoms with Crippen molar-refractivity contribution in [1.82, 2.24) is 15.0 Å². The molecule has 0 N–H and O–H groups in total. The van der Waals surface area contributed by atoms with Gasteiger partial charge in [-0.05, 0) is 64.7 Å². The molecule has 0 aliphatic carbocycles. The molecular weight excluding hydrogens is 687 g/mol. The Morgan fingerprint density at radius 2 is 0.857 bits per heavy atom. The summed E-state index contributed by atoms with van der Waals surface area (Å²) in [5, 5.41) is 4.34. The molecule has 0 bridgehead atoms. The fraction of sp³-hybridized carbons (Fsp3) is 0. The fourth-order valence-corrected chi connectivity index (χ4v) is 7.86. The van der Waals surface area contributed by atoms with Crippen LogP contribution in [0.4, 0.5) is 0 Å². The highest BCUT2D eigenvalue weighted by atomic mass is 16.3. The molecule has 11 rings (SSSR count). The second kappa shape index (κ2) is 13.0. The normalized spacial score (nSPS) is 11.6. The molecular formula is C51H31N3O2. The number of hydrogen-bond acceptors (Lipinski definition) is 5. The highest BCUT2D eigenvalue weighted by Gasteiger charge is 2.19. The van der Waals surface area contributed by atoms with E-state index in [0.717, 1.165) is 105 Å². The summed E-state index contributed by atoms with van der Waals surface area (Å²) >= 11 is 0. The lowest BCUT2D eigenvalue weighted by molar-refractivity contribution is 0.670. The molecule has 4 heterocycles. The SMILES string of the molecule is c1ccc(-c2cc(-c3cc(-c4cccc5c4oc4ccccc45)cc(-c4cccc5c4oc4ccccc45)c3)nc(-c3ccc(-c4cccnc4)cc3)n2)cc1. The van der Waals surface area contributed by atoms with Gasteiger partial charge in [0.25, 0.3) is 0 Å². The van der Waals surface area contributed by atoms with Crippen LogP contribution in [0.1, 0.15) is 0 Å². The molecule has 56 heavy (non-hydrogen) atoms. The average Bonchev–Trinajstić information content (AvgIpc) is 3.86. The first-order valence-electron chi connectivity index (χ1n) is 18.7. The molecule has 0 aliphatic heterocycles. The number of para-hydroxylation sites is 4. The minimum atomic E-state index is 0.643. The van der Waals surface area contributed by atoms with Gasteiger partial charge in [-0.15, -0.1) is 0 Å². The highest BCUT2D eigenvalue weighted by Crippen LogP contribution is 2.42. The number of aromatic nitrogens is 3. The molecule has 0 saturated carbocycles. The quantitative estimate of drug-likeness (QED) is 0.171. The Kier molecular flexibility index (Phi) is 7.42. The first-order valence-corrected chi connectivity index (χ1v) is 18.7. The summed E-state index contributed by atoms with van der Waals surface area (Å²) in [6, 6.07) is 60.6. The largest absolute Gasteiger partial charge is 0.455 e. The minimum absolute atomic E-state index is 0.643. The van der Waals surface area contributed by atoms with Gasteiger partial charge in [-0.3, -0.25) is 4.98 Å². The zero-order valence-electron chi connectivity index (χ0n) is 30.1. The van der Waals surface area contributed by atoms with Gasteiger partial charge in [0.05, 0.1) is 11.4 Å². The molecule has 0 aliphatic rings. The second-order valence-electron chi connectivity index (χ2n) is 14.0. The van der Waals surface area contributed by atoms with E-state index in [4.69, 9.17) is 18.8 Å². The Labute approximate surface area is 322 Å². The van der Waals surface area contributed by atoms with Crippen LogP contribution in [-0.4, -0.2) is 15.0 Å². The van der Waals surface area contributed by atoms with E-state index >= 15 is 0 Å². The van der Waals surface area contributed by atoms with Crippen LogP contribution in [0.25, 0.3) is 111 Å². The van der Waals surface area contributed by atoms with Crippen molar-refractivity contribution >= 4 is 43.9 Å². The van der Waals surface area contributed by atoms with Crippen LogP contribution in [0.2, 0.25) is 0 Å². The molecule has 5 nitrogen and oxygen atoms in total. The Hall–Kier alpha value is -7.63. The molecule has 4 aromatic heterocycles. The van der Waals surface area contributed by atoms with Gasteiger partial charge in [-0.25, -0.2) is 9.97 Å². The number of nitrogens with zero attached hydrogens (tertiary/aromatic N) is 3. The maximum atomic E-state index is 6.59. The summed E-state index contributed by atoms with van der Waals surface area (Å²) in [5.74, 6) is 0.643. The first kappa shape index (κ1) is 31.9. The molecule has 5 heteroatoms. The predicted octanol–water partition coefficient (Wildman–Crippen LogP) is 13.7. The summed E-state index contributed by atoms with van der Waals surface area (Å²) in [6.07, 6.45) is 3.67. The van der Waals surface area contributed by atoms with Crippen LogP contribution in [0.5, 0.6) is 0 Å². The van der Waals surface area contributed by atoms with E-state index in [1.54, 1.807) is 6.20 Å². The van der Waals surface area contributed by atoms with Crippen molar-refractivity contribution in [3.05, 3.63) is 188 Å². The van der Waals surface area contributed by atoms with Crippen LogP contribution >= 0.6 is 0 Å². The zero-order chi connectivity index (χ0) is 37.0. The molecule has 0 radical (unpaired) electrons. The smallest absolute Gasteiger partial charge is 0.160 e. The summed E-state index contributed by atoms with van der Waals surface area (Å²) in [4.78, 5) is 14.7. The third-order valence-corrected chi connectivity index (χ3v) is 10.6. The molecule has 11 aromatic rings. The van der Waals surface area contributed by atoms with Crippen molar-refractivity contribution in [2.24, 2.45) is 0 Å². The van der Waals surface area contributed by atoms with E-state index in [2.05, 4.69) is 132 Å². The van der Waals surface area contributed by atoms with E-state index in [9.17, 15) is 0 Å². The van der Waals surface area contributed by atoms with E-state index in [0.29, 0.717) is 5.82 Å². The maximum Gasteiger partial charge on any atom is 0.160 e. The molecule has 262 valence electrons. The number of fused-ring (bicyclic) bond motifs is 6. The number of rotatable bonds is 6. The summed E-state index contributed by atoms with van der Waals surface area (Å²) in [7, 11) is 0. The lowest BCUT2D eigenvalue weighted by atomic mass is 9.93. The topological polar surface area (TPSA) is 65.0 Å². The van der Waals surface area contributed by atoms with Gasteiger partial charge in [0.2, 0.25) is 0 Å². The second-order valence-corrected chi connectivity index (χ2v) is 14.0. The first-order chi connectivity index (χ1) is 27.7. The van der Waals surface area contributed by atoms with Gasteiger partial charge in [0, 0.05) is 61.8 Å². The van der Waals surface area contributed by atoms with Crippen molar-refractivity contribution in [3.63, 3.8) is 0 Å². The van der Waals surface area contributed by atoms with Crippen LogP contribution < -0.4 is 0 Å². The molecule has 0 saturated heterocycles. The Morgan fingerprint density at radius 1 is 0.339 bits per heavy atom. The minimum Gasteiger partial charge on any atom is -0.455 e. The molecule has 0 atom stereocenters. The number of hydrogen-bond donors (Lipinski definition) is 0. The third-order valence-electron chi connectivity index (χ3n) is 10.6. The van der Waals surface area contributed by atoms with Crippen molar-refractivity contribution in [1.29, 1.82) is 0 Å². The molecule has 0 amide bonds. The highest BCUT2D eigenvalue weighted by molar-refractivity contribution is 6.11. The third kappa shape index (κ3) is 5.45. The van der Waals surface area contributed by atoms with Crippen LogP contribution in [-0.2, 0) is 0 Å². The monoisotopic (exact) mass is 717 g/mol. The number of benzene rings is 7. The summed E-state index contributed by atoms with van der Waals surface area (Å²) in [5.41, 5.74) is 14.1. The molecule has 0 unspecified atom stereocenters. The van der Waals surface area contributed by atoms with Gasteiger partial charge in [0.1, 0.15) is 22.3 Å². The van der Waals surface area contributed by atoms with Crippen molar-refractivity contribution < 1.29 is 8.83 Å². The summed E-state index contributed by atoms with van der Waals surface area (Å²) in [6.45, 7) is 0. The van der Waals surface area contributed by atoms with Crippen molar-refractivity contribution in [2.45, 2.75) is 0 Å². The lowest BCUT2D eigenvalue weighted by Gasteiger charge is -2.14. The maximum absolute atomic E-state index is 6.59. The summed E-state index contributed by atoms with van der Waals surface area (Å²) < 4.78 is 13.2. The predicted molar refractivity (Wildman–Crippen MR) is 227 cm³/mol. The Balaban J connectivity index is 1.15. The van der Waals surface area contributed by atoms with Crippen molar-refractivity contribution in [3.8, 4) is 67.3 Å². The van der Waals surface area contributed by atoms with Gasteiger partial charge in [-0.1, -0.05) is 133 Å². The standard InChI is InChI=1S/C51H31N3O2/c1-2-11-33(12-3-1)45-30-46(54-51(53-45)34-24-22-32(23-25-34)35-13-10-26-52-31-35)38-28-36(39-16-8-18-43-41-14-4-6-20-47(41)55-49(39)43)27-37(29-38)40-17-9-19-44-42-15-5-7-21-48(42)56-50(40)44/h1-31H. The van der Waals surface area contributed by atoms with E-state index < -0.39 is 0 Å². The van der Waals surface area contributed by atoms with E-state index in [-0.39, 0.29) is 0 Å². The van der Waals surface area contributed by atoms with E-state index in [1.807, 2.05) is 54.7 Å². The van der Waals surface area contributed by atoms with Crippen LogP contribution in [0.3, 0.4) is 0 Å². The molecule has 0 fully saturated rings. The molecule has 0 spiro atoms. The van der Waals surface area contributed by atoms with Gasteiger partial charge >= 0.3 is 0 Å². The Bertz CT molecular complexity index is 3110. The van der Waals surface area contributed by atoms with Crippen LogP contribution in [0, 0.1) is 0 Å². The van der Waals surface area contributed by atoms with Crippen molar-refractivity contribution in [2.75, 3.05) is 0 Å². The lowest BCUT2D eigenvalue weighted by Crippen LogP contribution is -1.97. The van der Waals surface area contributed by atoms with E-state index in [1.165, 1.54) is 0 Å². The van der Waals surface area contributed by atoms with Gasteiger partial charge in [-0.2, -0.15) is 0 Å².